The van der Waals surface area contributed by atoms with E-state index in [9.17, 15) is 0 Å². The lowest BCUT2D eigenvalue weighted by Crippen LogP contribution is -2.45. The van der Waals surface area contributed by atoms with Gasteiger partial charge < -0.3 is 15.5 Å². The minimum absolute atomic E-state index is 0.420. The molecule has 1 aromatic heterocycles. The third-order valence-electron chi connectivity index (χ3n) is 3.96. The molecule has 0 radical (unpaired) electrons. The molecule has 2 heterocycles. The lowest BCUT2D eigenvalue weighted by molar-refractivity contribution is 0.468. The number of piperidine rings is 1. The fourth-order valence-electron chi connectivity index (χ4n) is 2.72. The van der Waals surface area contributed by atoms with Crippen molar-refractivity contribution >= 4 is 44.6 Å². The Labute approximate surface area is 150 Å². The van der Waals surface area contributed by atoms with Gasteiger partial charge in [0.15, 0.2) is 5.11 Å². The number of aromatic nitrogens is 1. The number of hydrogen-bond acceptors (Lipinski definition) is 3. The van der Waals surface area contributed by atoms with Crippen LogP contribution in [0, 0.1) is 0 Å². The van der Waals surface area contributed by atoms with Gasteiger partial charge in [-0.25, -0.2) is 0 Å². The van der Waals surface area contributed by atoms with Crippen LogP contribution in [0.5, 0.6) is 0 Å². The zero-order valence-electron chi connectivity index (χ0n) is 12.7. The molecule has 23 heavy (non-hydrogen) atoms. The first-order valence-electron chi connectivity index (χ1n) is 7.69. The molecule has 2 aromatic rings. The quantitative estimate of drug-likeness (QED) is 0.779. The highest BCUT2D eigenvalue weighted by Gasteiger charge is 2.19. The van der Waals surface area contributed by atoms with Gasteiger partial charge in [0.25, 0.3) is 0 Å². The molecule has 0 saturated carbocycles. The molecule has 0 amide bonds. The molecule has 0 atom stereocenters. The number of nitrogens with zero attached hydrogens (tertiary/aromatic N) is 2. The summed E-state index contributed by atoms with van der Waals surface area (Å²) in [4.78, 5) is 6.47. The molecule has 1 aromatic carbocycles. The van der Waals surface area contributed by atoms with Gasteiger partial charge in [-0.15, -0.1) is 0 Å². The fourth-order valence-corrected chi connectivity index (χ4v) is 3.27. The van der Waals surface area contributed by atoms with E-state index in [-0.39, 0.29) is 0 Å². The summed E-state index contributed by atoms with van der Waals surface area (Å²) in [6.07, 6.45) is 5.84. The molecule has 120 valence electrons. The highest BCUT2D eigenvalue weighted by Crippen LogP contribution is 2.19. The normalized spacial score (nSPS) is 15.3. The van der Waals surface area contributed by atoms with E-state index in [1.165, 1.54) is 5.69 Å². The summed E-state index contributed by atoms with van der Waals surface area (Å²) in [6.45, 7) is 2.06. The second-order valence-electron chi connectivity index (χ2n) is 5.57. The van der Waals surface area contributed by atoms with Crippen LogP contribution in [0.4, 0.5) is 11.4 Å². The van der Waals surface area contributed by atoms with Crippen molar-refractivity contribution in [3.63, 3.8) is 0 Å². The Balaban J connectivity index is 1.47. The van der Waals surface area contributed by atoms with Crippen LogP contribution in [0.15, 0.2) is 53.3 Å². The number of pyridine rings is 1. The summed E-state index contributed by atoms with van der Waals surface area (Å²) in [5.74, 6) is 0. The average Bonchev–Trinajstić information content (AvgIpc) is 2.58. The number of benzene rings is 1. The predicted octanol–water partition coefficient (Wildman–Crippen LogP) is 3.80. The molecule has 6 heteroatoms. The maximum Gasteiger partial charge on any atom is 0.170 e. The molecular formula is C17H19BrN4S. The van der Waals surface area contributed by atoms with Crippen molar-refractivity contribution in [1.82, 2.24) is 10.3 Å². The first kappa shape index (κ1) is 16.2. The maximum atomic E-state index is 5.42. The van der Waals surface area contributed by atoms with E-state index in [2.05, 4.69) is 48.6 Å². The van der Waals surface area contributed by atoms with Crippen LogP contribution in [0.25, 0.3) is 0 Å². The molecule has 3 rings (SSSR count). The van der Waals surface area contributed by atoms with Crippen molar-refractivity contribution in [3.8, 4) is 0 Å². The van der Waals surface area contributed by atoms with E-state index in [1.807, 2.05) is 36.7 Å². The van der Waals surface area contributed by atoms with Gasteiger partial charge >= 0.3 is 0 Å². The molecule has 0 unspecified atom stereocenters. The van der Waals surface area contributed by atoms with Crippen LogP contribution >= 0.6 is 28.1 Å². The molecule has 0 bridgehead atoms. The Morgan fingerprint density at radius 3 is 2.39 bits per heavy atom. The lowest BCUT2D eigenvalue weighted by atomic mass is 10.0. The Hall–Kier alpha value is -1.66. The van der Waals surface area contributed by atoms with Crippen molar-refractivity contribution in [2.24, 2.45) is 0 Å². The molecule has 1 saturated heterocycles. The van der Waals surface area contributed by atoms with Gasteiger partial charge in [-0.1, -0.05) is 15.9 Å². The van der Waals surface area contributed by atoms with E-state index < -0.39 is 0 Å². The third-order valence-corrected chi connectivity index (χ3v) is 4.71. The number of hydrogen-bond donors (Lipinski definition) is 2. The molecule has 0 aliphatic carbocycles. The van der Waals surface area contributed by atoms with Crippen LogP contribution in [0.1, 0.15) is 12.8 Å². The smallest absolute Gasteiger partial charge is 0.170 e. The minimum Gasteiger partial charge on any atom is -0.371 e. The van der Waals surface area contributed by atoms with Gasteiger partial charge in [0, 0.05) is 47.4 Å². The Morgan fingerprint density at radius 1 is 1.09 bits per heavy atom. The number of nitrogens with one attached hydrogen (secondary N) is 2. The van der Waals surface area contributed by atoms with Crippen LogP contribution in [-0.2, 0) is 0 Å². The lowest BCUT2D eigenvalue weighted by Gasteiger charge is -2.34. The van der Waals surface area contributed by atoms with E-state index >= 15 is 0 Å². The summed E-state index contributed by atoms with van der Waals surface area (Å²) in [7, 11) is 0. The highest BCUT2D eigenvalue weighted by atomic mass is 79.9. The molecule has 1 aliphatic heterocycles. The summed E-state index contributed by atoms with van der Waals surface area (Å²) < 4.78 is 1.06. The van der Waals surface area contributed by atoms with Crippen LogP contribution in [0.3, 0.4) is 0 Å². The Bertz CT molecular complexity index is 639. The number of rotatable bonds is 3. The standard InChI is InChI=1S/C17H19BrN4S/c18-13-1-3-14(4-2-13)20-17(23)21-15-7-11-22(12-8-15)16-5-9-19-10-6-16/h1-6,9-10,15H,7-8,11-12H2,(H2,20,21,23). The molecule has 4 nitrogen and oxygen atoms in total. The second kappa shape index (κ2) is 7.75. The van der Waals surface area contributed by atoms with Crippen LogP contribution in [0.2, 0.25) is 0 Å². The first-order valence-corrected chi connectivity index (χ1v) is 8.89. The number of thiocarbonyl (C=S) groups is 1. The van der Waals surface area contributed by atoms with Gasteiger partial charge in [0.05, 0.1) is 0 Å². The van der Waals surface area contributed by atoms with Crippen molar-refractivity contribution in [1.29, 1.82) is 0 Å². The van der Waals surface area contributed by atoms with Crippen molar-refractivity contribution in [2.45, 2.75) is 18.9 Å². The first-order chi connectivity index (χ1) is 11.2. The Morgan fingerprint density at radius 2 is 1.74 bits per heavy atom. The number of anilines is 2. The predicted molar refractivity (Wildman–Crippen MR) is 103 cm³/mol. The van der Waals surface area contributed by atoms with E-state index in [1.54, 1.807) is 0 Å². The highest BCUT2D eigenvalue weighted by molar-refractivity contribution is 9.10. The fraction of sp³-hybridized carbons (Fsp3) is 0.294. The second-order valence-corrected chi connectivity index (χ2v) is 6.90. The minimum atomic E-state index is 0.420. The molecule has 2 N–H and O–H groups in total. The monoisotopic (exact) mass is 390 g/mol. The number of halogens is 1. The van der Waals surface area contributed by atoms with E-state index in [0.717, 1.165) is 36.1 Å². The summed E-state index contributed by atoms with van der Waals surface area (Å²) in [5, 5.41) is 7.35. The van der Waals surface area contributed by atoms with Crippen LogP contribution < -0.4 is 15.5 Å². The molecule has 1 fully saturated rings. The van der Waals surface area contributed by atoms with Gasteiger partial charge in [0.1, 0.15) is 0 Å². The summed E-state index contributed by atoms with van der Waals surface area (Å²) in [6, 6.07) is 12.6. The van der Waals surface area contributed by atoms with Gasteiger partial charge in [-0.3, -0.25) is 4.98 Å². The molecule has 1 aliphatic rings. The zero-order valence-corrected chi connectivity index (χ0v) is 15.1. The van der Waals surface area contributed by atoms with Crippen LogP contribution in [-0.4, -0.2) is 29.2 Å². The van der Waals surface area contributed by atoms with E-state index in [4.69, 9.17) is 12.2 Å². The topological polar surface area (TPSA) is 40.2 Å². The van der Waals surface area contributed by atoms with Gasteiger partial charge in [-0.05, 0) is 61.5 Å². The SMILES string of the molecule is S=C(Nc1ccc(Br)cc1)NC1CCN(c2ccncc2)CC1. The molecular weight excluding hydrogens is 372 g/mol. The van der Waals surface area contributed by atoms with Gasteiger partial charge in [0.2, 0.25) is 0 Å². The Kier molecular flexibility index (Phi) is 5.46. The van der Waals surface area contributed by atoms with E-state index in [0.29, 0.717) is 11.2 Å². The zero-order chi connectivity index (χ0) is 16.1. The van der Waals surface area contributed by atoms with Crippen molar-refractivity contribution in [2.75, 3.05) is 23.3 Å². The summed E-state index contributed by atoms with van der Waals surface area (Å²) in [5.41, 5.74) is 2.24. The molecule has 0 spiro atoms. The third kappa shape index (κ3) is 4.65. The van der Waals surface area contributed by atoms with Crippen molar-refractivity contribution in [3.05, 3.63) is 53.3 Å². The largest absolute Gasteiger partial charge is 0.371 e. The van der Waals surface area contributed by atoms with Crippen molar-refractivity contribution < 1.29 is 0 Å². The van der Waals surface area contributed by atoms with Gasteiger partial charge in [-0.2, -0.15) is 0 Å². The summed E-state index contributed by atoms with van der Waals surface area (Å²) >= 11 is 8.85. The average molecular weight is 391 g/mol. The maximum absolute atomic E-state index is 5.42.